The van der Waals surface area contributed by atoms with E-state index in [1.165, 1.54) is 0 Å². The summed E-state index contributed by atoms with van der Waals surface area (Å²) in [4.78, 5) is 4.35. The van der Waals surface area contributed by atoms with Crippen molar-refractivity contribution in [1.29, 1.82) is 0 Å². The largest absolute Gasteiger partial charge is 0.458 e. The summed E-state index contributed by atoms with van der Waals surface area (Å²) in [6, 6.07) is 18.2. The van der Waals surface area contributed by atoms with E-state index >= 15 is 0 Å². The molecule has 2 heterocycles. The molecule has 0 saturated carbocycles. The summed E-state index contributed by atoms with van der Waals surface area (Å²) >= 11 is 0. The predicted molar refractivity (Wildman–Crippen MR) is 95.4 cm³/mol. The molecule has 2 aromatic carbocycles. The Labute approximate surface area is 140 Å². The van der Waals surface area contributed by atoms with Gasteiger partial charge in [0.25, 0.3) is 5.88 Å². The highest BCUT2D eigenvalue weighted by Gasteiger charge is 2.14. The van der Waals surface area contributed by atoms with E-state index in [0.717, 1.165) is 33.4 Å². The van der Waals surface area contributed by atoms with E-state index in [1.807, 2.05) is 50.2 Å². The first kappa shape index (κ1) is 14.5. The first-order chi connectivity index (χ1) is 11.7. The van der Waals surface area contributed by atoms with Crippen LogP contribution in [0.25, 0.3) is 22.1 Å². The number of hydrogen-bond acceptors (Lipinski definition) is 3. The lowest BCUT2D eigenvalue weighted by atomic mass is 10.1. The molecule has 0 amide bonds. The third-order valence-electron chi connectivity index (χ3n) is 3.95. The van der Waals surface area contributed by atoms with Crippen LogP contribution in [-0.4, -0.2) is 4.98 Å². The standard InChI is InChI=1S/C21H17NO2/c1-14-10-15(2)12-17(11-14)24-21-20-18(8-9-22-21)19(13-23-20)16-6-4-3-5-7-16/h3-13H,1-2H3. The van der Waals surface area contributed by atoms with Crippen molar-refractivity contribution >= 4 is 11.0 Å². The van der Waals surface area contributed by atoms with Gasteiger partial charge in [-0.15, -0.1) is 0 Å². The lowest BCUT2D eigenvalue weighted by molar-refractivity contribution is 0.453. The minimum atomic E-state index is 0.486. The van der Waals surface area contributed by atoms with Crippen molar-refractivity contribution in [2.24, 2.45) is 0 Å². The quantitative estimate of drug-likeness (QED) is 0.472. The lowest BCUT2D eigenvalue weighted by Gasteiger charge is -2.07. The number of nitrogens with zero attached hydrogens (tertiary/aromatic N) is 1. The number of hydrogen-bond donors (Lipinski definition) is 0. The Morgan fingerprint density at radius 3 is 2.42 bits per heavy atom. The van der Waals surface area contributed by atoms with E-state index in [1.54, 1.807) is 12.5 Å². The molecule has 2 aromatic heterocycles. The van der Waals surface area contributed by atoms with E-state index in [-0.39, 0.29) is 0 Å². The molecule has 0 aliphatic heterocycles. The van der Waals surface area contributed by atoms with Gasteiger partial charge >= 0.3 is 0 Å². The molecule has 0 radical (unpaired) electrons. The van der Waals surface area contributed by atoms with Crippen LogP contribution in [0.3, 0.4) is 0 Å². The molecular weight excluding hydrogens is 298 g/mol. The van der Waals surface area contributed by atoms with E-state index in [0.29, 0.717) is 11.5 Å². The van der Waals surface area contributed by atoms with Gasteiger partial charge in [-0.3, -0.25) is 0 Å². The van der Waals surface area contributed by atoms with Crippen LogP contribution >= 0.6 is 0 Å². The van der Waals surface area contributed by atoms with Crippen molar-refractivity contribution < 1.29 is 9.15 Å². The molecule has 0 spiro atoms. The first-order valence-corrected chi connectivity index (χ1v) is 7.88. The molecule has 0 fully saturated rings. The molecule has 4 aromatic rings. The Kier molecular flexibility index (Phi) is 3.54. The van der Waals surface area contributed by atoms with E-state index in [9.17, 15) is 0 Å². The number of aryl methyl sites for hydroxylation is 2. The fourth-order valence-electron chi connectivity index (χ4n) is 2.95. The molecule has 0 aliphatic rings. The number of pyridine rings is 1. The van der Waals surface area contributed by atoms with Crippen molar-refractivity contribution in [2.45, 2.75) is 13.8 Å². The van der Waals surface area contributed by atoms with Gasteiger partial charge in [0.15, 0.2) is 5.58 Å². The Bertz CT molecular complexity index is 983. The molecular formula is C21H17NO2. The zero-order valence-electron chi connectivity index (χ0n) is 13.6. The maximum absolute atomic E-state index is 6.00. The van der Waals surface area contributed by atoms with E-state index in [2.05, 4.69) is 23.2 Å². The molecule has 0 bridgehead atoms. The van der Waals surface area contributed by atoms with Gasteiger partial charge in [0.05, 0.1) is 6.26 Å². The molecule has 0 saturated heterocycles. The third-order valence-corrected chi connectivity index (χ3v) is 3.95. The minimum absolute atomic E-state index is 0.486. The van der Waals surface area contributed by atoms with Crippen LogP contribution < -0.4 is 4.74 Å². The molecule has 0 atom stereocenters. The summed E-state index contributed by atoms with van der Waals surface area (Å²) in [5.74, 6) is 1.25. The van der Waals surface area contributed by atoms with Crippen LogP contribution in [0.15, 0.2) is 71.5 Å². The normalized spacial score (nSPS) is 10.9. The maximum Gasteiger partial charge on any atom is 0.263 e. The number of benzene rings is 2. The van der Waals surface area contributed by atoms with Crippen LogP contribution in [0.4, 0.5) is 0 Å². The SMILES string of the molecule is Cc1cc(C)cc(Oc2nccc3c(-c4ccccc4)coc23)c1. The van der Waals surface area contributed by atoms with Crippen LogP contribution in [0.5, 0.6) is 11.6 Å². The highest BCUT2D eigenvalue weighted by Crippen LogP contribution is 2.36. The molecule has 3 heteroatoms. The minimum Gasteiger partial charge on any atom is -0.458 e. The van der Waals surface area contributed by atoms with Crippen molar-refractivity contribution in [1.82, 2.24) is 4.98 Å². The van der Waals surface area contributed by atoms with Gasteiger partial charge in [0.1, 0.15) is 5.75 Å². The van der Waals surface area contributed by atoms with Gasteiger partial charge in [0.2, 0.25) is 0 Å². The van der Waals surface area contributed by atoms with Gasteiger partial charge in [0, 0.05) is 17.1 Å². The highest BCUT2D eigenvalue weighted by atomic mass is 16.5. The van der Waals surface area contributed by atoms with Crippen LogP contribution in [-0.2, 0) is 0 Å². The molecule has 3 nitrogen and oxygen atoms in total. The third kappa shape index (κ3) is 2.65. The Morgan fingerprint density at radius 1 is 0.917 bits per heavy atom. The van der Waals surface area contributed by atoms with Crippen molar-refractivity contribution in [3.05, 3.63) is 78.2 Å². The Hall–Kier alpha value is -3.07. The number of furan rings is 1. The zero-order chi connectivity index (χ0) is 16.5. The fourth-order valence-corrected chi connectivity index (χ4v) is 2.95. The average Bonchev–Trinajstić information content (AvgIpc) is 3.00. The van der Waals surface area contributed by atoms with Crippen molar-refractivity contribution in [3.8, 4) is 22.8 Å². The Morgan fingerprint density at radius 2 is 1.67 bits per heavy atom. The van der Waals surface area contributed by atoms with Gasteiger partial charge in [-0.05, 0) is 48.7 Å². The number of fused-ring (bicyclic) bond motifs is 1. The maximum atomic E-state index is 6.00. The summed E-state index contributed by atoms with van der Waals surface area (Å²) < 4.78 is 11.8. The first-order valence-electron chi connectivity index (χ1n) is 7.88. The average molecular weight is 315 g/mol. The van der Waals surface area contributed by atoms with Gasteiger partial charge < -0.3 is 9.15 Å². The number of ether oxygens (including phenoxy) is 1. The van der Waals surface area contributed by atoms with Gasteiger partial charge in [-0.25, -0.2) is 4.98 Å². The van der Waals surface area contributed by atoms with Gasteiger partial charge in [-0.1, -0.05) is 36.4 Å². The van der Waals surface area contributed by atoms with E-state index < -0.39 is 0 Å². The van der Waals surface area contributed by atoms with E-state index in [4.69, 9.17) is 9.15 Å². The highest BCUT2D eigenvalue weighted by molar-refractivity contribution is 5.96. The Balaban J connectivity index is 1.79. The summed E-state index contributed by atoms with van der Waals surface area (Å²) in [5, 5.41) is 0.996. The fraction of sp³-hybridized carbons (Fsp3) is 0.0952. The topological polar surface area (TPSA) is 35.3 Å². The second kappa shape index (κ2) is 5.85. The molecule has 0 N–H and O–H groups in total. The summed E-state index contributed by atoms with van der Waals surface area (Å²) in [6.07, 6.45) is 3.51. The summed E-state index contributed by atoms with van der Waals surface area (Å²) in [5.41, 5.74) is 5.12. The number of rotatable bonds is 3. The molecule has 0 aliphatic carbocycles. The van der Waals surface area contributed by atoms with Crippen LogP contribution in [0, 0.1) is 13.8 Å². The lowest BCUT2D eigenvalue weighted by Crippen LogP contribution is -1.90. The van der Waals surface area contributed by atoms with Crippen LogP contribution in [0.2, 0.25) is 0 Å². The molecule has 24 heavy (non-hydrogen) atoms. The van der Waals surface area contributed by atoms with Crippen LogP contribution in [0.1, 0.15) is 11.1 Å². The van der Waals surface area contributed by atoms with Gasteiger partial charge in [-0.2, -0.15) is 0 Å². The molecule has 0 unspecified atom stereocenters. The smallest absolute Gasteiger partial charge is 0.263 e. The van der Waals surface area contributed by atoms with Crippen molar-refractivity contribution in [2.75, 3.05) is 0 Å². The molecule has 118 valence electrons. The number of aromatic nitrogens is 1. The second-order valence-electron chi connectivity index (χ2n) is 5.93. The monoisotopic (exact) mass is 315 g/mol. The molecule has 4 rings (SSSR count). The summed E-state index contributed by atoms with van der Waals surface area (Å²) in [7, 11) is 0. The van der Waals surface area contributed by atoms with Crippen molar-refractivity contribution in [3.63, 3.8) is 0 Å². The second-order valence-corrected chi connectivity index (χ2v) is 5.93. The predicted octanol–water partition coefficient (Wildman–Crippen LogP) is 5.90. The zero-order valence-corrected chi connectivity index (χ0v) is 13.6. The summed E-state index contributed by atoms with van der Waals surface area (Å²) in [6.45, 7) is 4.10.